The zero-order valence-electron chi connectivity index (χ0n) is 44.2. The Bertz CT molecular complexity index is 1260. The lowest BCUT2D eigenvalue weighted by atomic mass is 10.1. The number of carbonyl (C=O) groups excluding carboxylic acids is 3. The molecule has 0 fully saturated rings. The quantitative estimate of drug-likeness (QED) is 0.0262. The Labute approximate surface area is 414 Å². The monoisotopic (exact) mass is 935 g/mol. The largest absolute Gasteiger partial charge is 0.462 e. The van der Waals surface area contributed by atoms with E-state index in [1.54, 1.807) is 0 Å². The molecule has 0 saturated carbocycles. The van der Waals surface area contributed by atoms with Gasteiger partial charge in [0, 0.05) is 19.3 Å². The first-order valence-corrected chi connectivity index (χ1v) is 28.4. The molecule has 0 radical (unpaired) electrons. The minimum Gasteiger partial charge on any atom is -0.462 e. The second kappa shape index (κ2) is 55.4. The van der Waals surface area contributed by atoms with Crippen LogP contribution in [0.25, 0.3) is 0 Å². The minimum absolute atomic E-state index is 0.0884. The summed E-state index contributed by atoms with van der Waals surface area (Å²) in [5, 5.41) is 0. The summed E-state index contributed by atoms with van der Waals surface area (Å²) in [4.78, 5) is 38.1. The van der Waals surface area contributed by atoms with E-state index < -0.39 is 6.10 Å². The Morgan fingerprint density at radius 1 is 0.313 bits per heavy atom. The van der Waals surface area contributed by atoms with E-state index in [1.165, 1.54) is 141 Å². The average molecular weight is 936 g/mol. The molecule has 0 saturated heterocycles. The molecule has 67 heavy (non-hydrogen) atoms. The zero-order valence-corrected chi connectivity index (χ0v) is 44.2. The summed E-state index contributed by atoms with van der Waals surface area (Å²) in [6, 6.07) is 0. The highest BCUT2D eigenvalue weighted by Crippen LogP contribution is 2.15. The molecule has 0 bridgehead atoms. The van der Waals surface area contributed by atoms with Gasteiger partial charge in [-0.3, -0.25) is 14.4 Å². The topological polar surface area (TPSA) is 78.9 Å². The number of carbonyl (C=O) groups is 3. The van der Waals surface area contributed by atoms with E-state index in [-0.39, 0.29) is 31.1 Å². The van der Waals surface area contributed by atoms with Crippen molar-refractivity contribution in [3.8, 4) is 0 Å². The lowest BCUT2D eigenvalue weighted by molar-refractivity contribution is -0.167. The highest BCUT2D eigenvalue weighted by atomic mass is 16.6. The van der Waals surface area contributed by atoms with Crippen molar-refractivity contribution in [3.63, 3.8) is 0 Å². The van der Waals surface area contributed by atoms with Crippen LogP contribution in [0.2, 0.25) is 0 Å². The van der Waals surface area contributed by atoms with Gasteiger partial charge in [0.15, 0.2) is 6.10 Å². The third-order valence-electron chi connectivity index (χ3n) is 12.2. The lowest BCUT2D eigenvalue weighted by Crippen LogP contribution is -2.30. The van der Waals surface area contributed by atoms with Crippen molar-refractivity contribution >= 4 is 17.9 Å². The first kappa shape index (κ1) is 63.8. The Kier molecular flexibility index (Phi) is 52.8. The number of hydrogen-bond donors (Lipinski definition) is 0. The van der Waals surface area contributed by atoms with Gasteiger partial charge in [-0.25, -0.2) is 0 Å². The van der Waals surface area contributed by atoms with Gasteiger partial charge in [0.1, 0.15) is 13.2 Å². The van der Waals surface area contributed by atoms with Gasteiger partial charge in [0.2, 0.25) is 0 Å². The number of ether oxygens (including phenoxy) is 3. The maximum atomic E-state index is 12.8. The minimum atomic E-state index is -0.792. The maximum Gasteiger partial charge on any atom is 0.306 e. The molecule has 6 nitrogen and oxygen atoms in total. The predicted octanol–water partition coefficient (Wildman–Crippen LogP) is 19.0. The fourth-order valence-corrected chi connectivity index (χ4v) is 7.89. The van der Waals surface area contributed by atoms with Gasteiger partial charge in [-0.15, -0.1) is 0 Å². The van der Waals surface area contributed by atoms with Gasteiger partial charge in [-0.1, -0.05) is 222 Å². The van der Waals surface area contributed by atoms with Crippen molar-refractivity contribution in [2.45, 2.75) is 284 Å². The third kappa shape index (κ3) is 53.7. The molecule has 1 atom stereocenters. The summed E-state index contributed by atoms with van der Waals surface area (Å²) in [5.74, 6) is -0.914. The van der Waals surface area contributed by atoms with E-state index in [0.717, 1.165) is 96.3 Å². The number of allylic oxidation sites excluding steroid dienone is 12. The molecular weight excluding hydrogens is 829 g/mol. The van der Waals surface area contributed by atoms with Crippen molar-refractivity contribution < 1.29 is 28.6 Å². The van der Waals surface area contributed by atoms with E-state index in [4.69, 9.17) is 14.2 Å². The van der Waals surface area contributed by atoms with Gasteiger partial charge in [-0.2, -0.15) is 0 Å². The highest BCUT2D eigenvalue weighted by Gasteiger charge is 2.19. The molecule has 0 heterocycles. The molecule has 0 aliphatic heterocycles. The Morgan fingerprint density at radius 3 is 0.940 bits per heavy atom. The second-order valence-corrected chi connectivity index (χ2v) is 18.8. The molecule has 6 heteroatoms. The van der Waals surface area contributed by atoms with Crippen LogP contribution in [0.5, 0.6) is 0 Å². The normalized spacial score (nSPS) is 12.6. The number of unbranched alkanes of at least 4 members (excludes halogenated alkanes) is 28. The molecule has 0 aromatic carbocycles. The predicted molar refractivity (Wildman–Crippen MR) is 288 cm³/mol. The second-order valence-electron chi connectivity index (χ2n) is 18.8. The summed E-state index contributed by atoms with van der Waals surface area (Å²) in [6.07, 6.45) is 70.3. The van der Waals surface area contributed by atoms with Crippen molar-refractivity contribution in [1.82, 2.24) is 0 Å². The number of esters is 3. The maximum absolute atomic E-state index is 12.8. The zero-order chi connectivity index (χ0) is 48.6. The van der Waals surface area contributed by atoms with Crippen molar-refractivity contribution in [3.05, 3.63) is 72.9 Å². The molecule has 0 aromatic rings. The fourth-order valence-electron chi connectivity index (χ4n) is 7.89. The van der Waals surface area contributed by atoms with E-state index in [0.29, 0.717) is 19.3 Å². The molecule has 386 valence electrons. The molecular formula is C61H106O6. The fraction of sp³-hybridized carbons (Fsp3) is 0.754. The Morgan fingerprint density at radius 2 is 0.582 bits per heavy atom. The van der Waals surface area contributed by atoms with Crippen LogP contribution < -0.4 is 0 Å². The average Bonchev–Trinajstić information content (AvgIpc) is 3.33. The van der Waals surface area contributed by atoms with Crippen LogP contribution in [0, 0.1) is 0 Å². The van der Waals surface area contributed by atoms with Crippen molar-refractivity contribution in [2.75, 3.05) is 13.2 Å². The summed E-state index contributed by atoms with van der Waals surface area (Å²) in [7, 11) is 0. The van der Waals surface area contributed by atoms with Crippen LogP contribution in [-0.4, -0.2) is 37.2 Å². The highest BCUT2D eigenvalue weighted by molar-refractivity contribution is 5.71. The van der Waals surface area contributed by atoms with Gasteiger partial charge >= 0.3 is 17.9 Å². The smallest absolute Gasteiger partial charge is 0.306 e. The van der Waals surface area contributed by atoms with Gasteiger partial charge in [0.05, 0.1) is 0 Å². The lowest BCUT2D eigenvalue weighted by Gasteiger charge is -2.18. The Hall–Kier alpha value is -3.15. The van der Waals surface area contributed by atoms with E-state index in [2.05, 4.69) is 93.7 Å². The first-order chi connectivity index (χ1) is 33.0. The summed E-state index contributed by atoms with van der Waals surface area (Å²) < 4.78 is 16.8. The van der Waals surface area contributed by atoms with Crippen molar-refractivity contribution in [2.24, 2.45) is 0 Å². The van der Waals surface area contributed by atoms with Crippen LogP contribution in [0.15, 0.2) is 72.9 Å². The summed E-state index contributed by atoms with van der Waals surface area (Å²) >= 11 is 0. The van der Waals surface area contributed by atoms with Crippen LogP contribution in [-0.2, 0) is 28.6 Å². The summed E-state index contributed by atoms with van der Waals surface area (Å²) in [6.45, 7) is 6.50. The molecule has 0 rings (SSSR count). The van der Waals surface area contributed by atoms with Crippen LogP contribution in [0.4, 0.5) is 0 Å². The first-order valence-electron chi connectivity index (χ1n) is 28.4. The van der Waals surface area contributed by atoms with Gasteiger partial charge in [-0.05, 0) is 109 Å². The molecule has 0 N–H and O–H groups in total. The molecule has 0 aliphatic carbocycles. The standard InChI is InChI=1S/C61H106O6/c1-4-7-10-13-16-19-22-25-28-30-33-36-39-42-45-48-51-54-60(63)66-57-58(56-65-59(62)53-50-47-44-41-38-35-32-27-24-21-18-15-12-9-6-3)67-61(64)55-52-49-46-43-40-37-34-31-29-26-23-20-17-14-11-8-5-2/h8,11,17,20-21,24-26,28-29,34,37,58H,4-7,9-10,12-16,18-19,22-23,27,30-33,35-36,38-57H2,1-3H3/b11-8-,20-17-,24-21-,28-25-,29-26-,37-34-/t58-/m0/s1. The van der Waals surface area contributed by atoms with E-state index in [1.807, 2.05) is 0 Å². The van der Waals surface area contributed by atoms with E-state index >= 15 is 0 Å². The Balaban J connectivity index is 4.43. The van der Waals surface area contributed by atoms with Gasteiger partial charge in [0.25, 0.3) is 0 Å². The van der Waals surface area contributed by atoms with E-state index in [9.17, 15) is 14.4 Å². The van der Waals surface area contributed by atoms with Crippen LogP contribution in [0.1, 0.15) is 278 Å². The molecule has 0 amide bonds. The van der Waals surface area contributed by atoms with Crippen LogP contribution in [0.3, 0.4) is 0 Å². The van der Waals surface area contributed by atoms with Crippen LogP contribution >= 0.6 is 0 Å². The third-order valence-corrected chi connectivity index (χ3v) is 12.2. The molecule has 0 spiro atoms. The molecule has 0 aromatic heterocycles. The summed E-state index contributed by atoms with van der Waals surface area (Å²) in [5.41, 5.74) is 0. The van der Waals surface area contributed by atoms with Gasteiger partial charge < -0.3 is 14.2 Å². The molecule has 0 aliphatic rings. The SMILES string of the molecule is CC/C=C\C/C=C\C/C=C\C/C=C\CCCCCCC(=O)O[C@@H](COC(=O)CCCCCCCCC/C=C\CCCCCC)COC(=O)CCCCCCCCC/C=C\CCCCCCCC. The number of hydrogen-bond acceptors (Lipinski definition) is 6. The number of rotatable bonds is 51. The molecule has 0 unspecified atom stereocenters. The van der Waals surface area contributed by atoms with Crippen molar-refractivity contribution in [1.29, 1.82) is 0 Å².